The van der Waals surface area contributed by atoms with Crippen LogP contribution in [0.2, 0.25) is 5.02 Å². The van der Waals surface area contributed by atoms with Crippen molar-refractivity contribution in [2.24, 2.45) is 0 Å². The molecule has 2 fully saturated rings. The van der Waals surface area contributed by atoms with Crippen LogP contribution in [-0.4, -0.2) is 60.9 Å². The van der Waals surface area contributed by atoms with Gasteiger partial charge in [-0.25, -0.2) is 14.8 Å². The van der Waals surface area contributed by atoms with Gasteiger partial charge in [0.15, 0.2) is 11.2 Å². The number of ether oxygens (including phenoxy) is 3. The molecule has 42 heavy (non-hydrogen) atoms. The second kappa shape index (κ2) is 11.1. The van der Waals surface area contributed by atoms with Crippen LogP contribution in [0.3, 0.4) is 0 Å². The number of nitrogens with zero attached hydrogens (tertiary/aromatic N) is 5. The minimum atomic E-state index is -0.542. The molecule has 1 amide bonds. The van der Waals surface area contributed by atoms with Crippen LogP contribution in [0.15, 0.2) is 54.9 Å². The number of amides is 1. The molecular formula is C32H36ClN5O4. The van der Waals surface area contributed by atoms with Crippen molar-refractivity contribution >= 4 is 28.9 Å². The largest absolute Gasteiger partial charge is 0.491 e. The molecule has 0 spiro atoms. The molecule has 9 nitrogen and oxygen atoms in total. The number of carbonyl (C=O) groups is 1. The highest BCUT2D eigenvalue weighted by molar-refractivity contribution is 6.33. The number of carbonyl (C=O) groups excluding carboxylic acids is 1. The molecule has 0 unspecified atom stereocenters. The van der Waals surface area contributed by atoms with E-state index in [2.05, 4.69) is 29.0 Å². The predicted octanol–water partition coefficient (Wildman–Crippen LogP) is 6.90. The third-order valence-electron chi connectivity index (χ3n) is 7.61. The van der Waals surface area contributed by atoms with E-state index in [1.54, 1.807) is 11.0 Å². The fraction of sp³-hybridized carbons (Fsp3) is 0.438. The minimum Gasteiger partial charge on any atom is -0.491 e. The van der Waals surface area contributed by atoms with Gasteiger partial charge < -0.3 is 23.7 Å². The molecule has 3 heterocycles. The minimum absolute atomic E-state index is 0.0568. The molecule has 1 saturated heterocycles. The van der Waals surface area contributed by atoms with Gasteiger partial charge in [0, 0.05) is 12.1 Å². The van der Waals surface area contributed by atoms with Gasteiger partial charge in [-0.05, 0) is 77.1 Å². The molecule has 2 aromatic heterocycles. The number of hydrogen-bond acceptors (Lipinski definition) is 7. The van der Waals surface area contributed by atoms with Crippen molar-refractivity contribution in [3.63, 3.8) is 0 Å². The summed E-state index contributed by atoms with van der Waals surface area (Å²) >= 11 is 6.88. The lowest BCUT2D eigenvalue weighted by molar-refractivity contribution is 0.0187. The van der Waals surface area contributed by atoms with E-state index in [-0.39, 0.29) is 17.7 Å². The fourth-order valence-electron chi connectivity index (χ4n) is 5.15. The molecule has 1 aliphatic carbocycles. The summed E-state index contributed by atoms with van der Waals surface area (Å²) in [5.41, 5.74) is 2.40. The van der Waals surface area contributed by atoms with E-state index >= 15 is 0 Å². The third kappa shape index (κ3) is 6.16. The van der Waals surface area contributed by atoms with Crippen LogP contribution in [0, 0.1) is 0 Å². The molecule has 2 aliphatic rings. The van der Waals surface area contributed by atoms with Crippen molar-refractivity contribution in [3.05, 3.63) is 65.4 Å². The number of benzene rings is 2. The molecule has 0 bridgehead atoms. The summed E-state index contributed by atoms with van der Waals surface area (Å²) in [6.45, 7) is 9.27. The maximum atomic E-state index is 12.7. The fourth-order valence-corrected chi connectivity index (χ4v) is 5.41. The number of halogens is 1. The highest BCUT2D eigenvalue weighted by atomic mass is 35.5. The van der Waals surface area contributed by atoms with E-state index in [0.29, 0.717) is 53.3 Å². The first-order chi connectivity index (χ1) is 20.1. The molecule has 0 N–H and O–H groups in total. The van der Waals surface area contributed by atoms with E-state index in [4.69, 9.17) is 30.8 Å². The van der Waals surface area contributed by atoms with Crippen molar-refractivity contribution in [2.45, 2.75) is 77.2 Å². The summed E-state index contributed by atoms with van der Waals surface area (Å²) in [5.74, 6) is 1.77. The molecule has 10 heteroatoms. The standard InChI is InChI=1S/C32H36ClN5O4/c1-31(2,3)42-30(39)37-16-8-11-22(37)19-40-23-12-13-24(25(33)17-23)27-36-26-28(38(27)18-21-9-6-5-7-10-21)34-20-35-29(26)41-32(4)14-15-32/h5-7,9-10,12-13,17,20,22H,8,11,14-16,18-19H2,1-4H3/t22-/m1/s1. The number of likely N-dealkylation sites (tertiary alicyclic amines) is 1. The molecule has 220 valence electrons. The molecule has 2 aromatic carbocycles. The van der Waals surface area contributed by atoms with Gasteiger partial charge in [0.05, 0.1) is 17.6 Å². The Balaban J connectivity index is 1.27. The number of fused-ring (bicyclic) bond motifs is 1. The van der Waals surface area contributed by atoms with E-state index in [9.17, 15) is 4.79 Å². The second-order valence-electron chi connectivity index (χ2n) is 12.3. The van der Waals surface area contributed by atoms with Crippen LogP contribution in [0.25, 0.3) is 22.6 Å². The normalized spacial score (nSPS) is 17.8. The van der Waals surface area contributed by atoms with Crippen LogP contribution >= 0.6 is 11.6 Å². The number of hydrogen-bond donors (Lipinski definition) is 0. The van der Waals surface area contributed by atoms with Crippen LogP contribution in [-0.2, 0) is 11.3 Å². The van der Waals surface area contributed by atoms with Crippen LogP contribution < -0.4 is 9.47 Å². The average Bonchev–Trinajstić information content (AvgIpc) is 3.32. The Hall–Kier alpha value is -3.85. The average molecular weight is 590 g/mol. The lowest BCUT2D eigenvalue weighted by atomic mass is 10.2. The maximum absolute atomic E-state index is 12.7. The SMILES string of the molecule is CC(C)(C)OC(=O)N1CCC[C@@H]1COc1ccc(-c2nc3c(OC4(C)CC4)ncnc3n2Cc2ccccc2)c(Cl)c1. The zero-order valence-corrected chi connectivity index (χ0v) is 25.2. The Labute approximate surface area is 250 Å². The maximum Gasteiger partial charge on any atom is 0.410 e. The van der Waals surface area contributed by atoms with Gasteiger partial charge in [-0.15, -0.1) is 0 Å². The van der Waals surface area contributed by atoms with E-state index < -0.39 is 5.60 Å². The summed E-state index contributed by atoms with van der Waals surface area (Å²) in [6.07, 6.45) is 4.97. The first-order valence-corrected chi connectivity index (χ1v) is 14.8. The molecule has 6 rings (SSSR count). The predicted molar refractivity (Wildman–Crippen MR) is 161 cm³/mol. The van der Waals surface area contributed by atoms with Gasteiger partial charge in [-0.2, -0.15) is 4.98 Å². The lowest BCUT2D eigenvalue weighted by Gasteiger charge is -2.28. The van der Waals surface area contributed by atoms with E-state index in [1.165, 1.54) is 6.33 Å². The molecule has 4 aromatic rings. The first kappa shape index (κ1) is 28.3. The van der Waals surface area contributed by atoms with Gasteiger partial charge in [0.2, 0.25) is 5.88 Å². The Morgan fingerprint density at radius 1 is 1.12 bits per heavy atom. The summed E-state index contributed by atoms with van der Waals surface area (Å²) in [4.78, 5) is 28.4. The highest BCUT2D eigenvalue weighted by Gasteiger charge is 2.41. The monoisotopic (exact) mass is 589 g/mol. The number of rotatable bonds is 8. The van der Waals surface area contributed by atoms with Crippen molar-refractivity contribution in [1.29, 1.82) is 0 Å². The zero-order valence-electron chi connectivity index (χ0n) is 24.5. The molecule has 1 saturated carbocycles. The summed E-state index contributed by atoms with van der Waals surface area (Å²) in [7, 11) is 0. The first-order valence-electron chi connectivity index (χ1n) is 14.5. The highest BCUT2D eigenvalue weighted by Crippen LogP contribution is 2.41. The zero-order chi connectivity index (χ0) is 29.5. The Morgan fingerprint density at radius 3 is 2.62 bits per heavy atom. The summed E-state index contributed by atoms with van der Waals surface area (Å²) in [5, 5.41) is 0.497. The molecule has 1 atom stereocenters. The lowest BCUT2D eigenvalue weighted by Crippen LogP contribution is -2.42. The van der Waals surface area contributed by atoms with Crippen molar-refractivity contribution < 1.29 is 19.0 Å². The van der Waals surface area contributed by atoms with Gasteiger partial charge >= 0.3 is 6.09 Å². The second-order valence-corrected chi connectivity index (χ2v) is 12.7. The topological polar surface area (TPSA) is 91.6 Å². The van der Waals surface area contributed by atoms with Gasteiger partial charge in [-0.3, -0.25) is 0 Å². The van der Waals surface area contributed by atoms with Gasteiger partial charge in [0.1, 0.15) is 35.7 Å². The summed E-state index contributed by atoms with van der Waals surface area (Å²) < 4.78 is 20.0. The Bertz CT molecular complexity index is 1600. The van der Waals surface area contributed by atoms with Gasteiger partial charge in [-0.1, -0.05) is 41.9 Å². The smallest absolute Gasteiger partial charge is 0.410 e. The van der Waals surface area contributed by atoms with Crippen molar-refractivity contribution in [1.82, 2.24) is 24.4 Å². The van der Waals surface area contributed by atoms with Crippen LogP contribution in [0.1, 0.15) is 58.9 Å². The van der Waals surface area contributed by atoms with Crippen molar-refractivity contribution in [2.75, 3.05) is 13.2 Å². The van der Waals surface area contributed by atoms with E-state index in [1.807, 2.05) is 55.7 Å². The number of imidazole rings is 1. The van der Waals surface area contributed by atoms with Gasteiger partial charge in [0.25, 0.3) is 0 Å². The molecule has 0 radical (unpaired) electrons. The Kier molecular flexibility index (Phi) is 7.47. The van der Waals surface area contributed by atoms with Crippen LogP contribution in [0.4, 0.5) is 4.79 Å². The van der Waals surface area contributed by atoms with Crippen LogP contribution in [0.5, 0.6) is 11.6 Å². The third-order valence-corrected chi connectivity index (χ3v) is 7.92. The Morgan fingerprint density at radius 2 is 1.90 bits per heavy atom. The van der Waals surface area contributed by atoms with E-state index in [0.717, 1.165) is 36.8 Å². The molecule has 1 aliphatic heterocycles. The number of aromatic nitrogens is 4. The van der Waals surface area contributed by atoms with Crippen molar-refractivity contribution in [3.8, 4) is 23.0 Å². The summed E-state index contributed by atoms with van der Waals surface area (Å²) in [6, 6.07) is 15.7. The molecular weight excluding hydrogens is 554 g/mol. The quantitative estimate of drug-likeness (QED) is 0.221.